The van der Waals surface area contributed by atoms with Crippen LogP contribution in [0.25, 0.3) is 0 Å². The smallest absolute Gasteiger partial charge is 0.0697 e. The first-order chi connectivity index (χ1) is 9.74. The van der Waals surface area contributed by atoms with Crippen LogP contribution in [0.4, 0.5) is 0 Å². The Bertz CT molecular complexity index is 536. The topological polar surface area (TPSA) is 15.3 Å². The van der Waals surface area contributed by atoms with Crippen LogP contribution >= 0.6 is 11.3 Å². The monoisotopic (exact) mass is 286 g/mol. The third-order valence-electron chi connectivity index (χ3n) is 3.89. The molecule has 1 aromatic heterocycles. The van der Waals surface area contributed by atoms with Crippen LogP contribution in [0.5, 0.6) is 0 Å². The number of thiophene rings is 1. The van der Waals surface area contributed by atoms with Crippen LogP contribution in [0, 0.1) is 13.8 Å². The van der Waals surface area contributed by atoms with E-state index in [2.05, 4.69) is 59.8 Å². The molecule has 2 nitrogen and oxygen atoms in total. The van der Waals surface area contributed by atoms with Crippen molar-refractivity contribution in [1.82, 2.24) is 10.2 Å². The lowest BCUT2D eigenvalue weighted by atomic mass is 9.98. The lowest BCUT2D eigenvalue weighted by molar-refractivity contribution is 0.200. The van der Waals surface area contributed by atoms with Crippen molar-refractivity contribution in [1.29, 1.82) is 0 Å². The number of nitrogens with zero attached hydrogens (tertiary/aromatic N) is 1. The highest BCUT2D eigenvalue weighted by Crippen LogP contribution is 2.32. The van der Waals surface area contributed by atoms with Gasteiger partial charge in [-0.1, -0.05) is 35.4 Å². The van der Waals surface area contributed by atoms with Crippen molar-refractivity contribution >= 4 is 11.3 Å². The molecule has 2 heterocycles. The summed E-state index contributed by atoms with van der Waals surface area (Å²) < 4.78 is 0. The Kier molecular flexibility index (Phi) is 4.20. The maximum Gasteiger partial charge on any atom is 0.0697 e. The number of aryl methyl sites for hydroxylation is 2. The molecule has 0 saturated carbocycles. The molecule has 106 valence electrons. The predicted molar refractivity (Wildman–Crippen MR) is 86.5 cm³/mol. The summed E-state index contributed by atoms with van der Waals surface area (Å²) in [4.78, 5) is 4.06. The molecule has 3 heteroatoms. The van der Waals surface area contributed by atoms with Gasteiger partial charge in [0.15, 0.2) is 0 Å². The average Bonchev–Trinajstić information content (AvgIpc) is 2.93. The van der Waals surface area contributed by atoms with Gasteiger partial charge in [-0.3, -0.25) is 4.90 Å². The summed E-state index contributed by atoms with van der Waals surface area (Å²) >= 11 is 1.87. The first-order valence-corrected chi connectivity index (χ1v) is 8.18. The van der Waals surface area contributed by atoms with Crippen molar-refractivity contribution in [3.63, 3.8) is 0 Å². The predicted octanol–water partition coefficient (Wildman–Crippen LogP) is 3.36. The molecule has 1 aliphatic rings. The quantitative estimate of drug-likeness (QED) is 0.931. The molecular weight excluding hydrogens is 264 g/mol. The fraction of sp³-hybridized carbons (Fsp3) is 0.412. The molecule has 3 rings (SSSR count). The Morgan fingerprint density at radius 2 is 1.80 bits per heavy atom. The SMILES string of the molecule is Cc1cc(C)cc(C(c2cccs2)N2CCNCC2)c1. The van der Waals surface area contributed by atoms with Gasteiger partial charge in [-0.2, -0.15) is 0 Å². The van der Waals surface area contributed by atoms with Gasteiger partial charge >= 0.3 is 0 Å². The molecule has 1 atom stereocenters. The molecule has 0 radical (unpaired) electrons. The zero-order valence-corrected chi connectivity index (χ0v) is 13.0. The number of rotatable bonds is 3. The van der Waals surface area contributed by atoms with Crippen molar-refractivity contribution in [3.05, 3.63) is 57.3 Å². The lowest BCUT2D eigenvalue weighted by Gasteiger charge is -2.35. The van der Waals surface area contributed by atoms with Crippen LogP contribution in [0.15, 0.2) is 35.7 Å². The van der Waals surface area contributed by atoms with Gasteiger partial charge in [0, 0.05) is 31.1 Å². The summed E-state index contributed by atoms with van der Waals surface area (Å²) in [5.41, 5.74) is 4.15. The lowest BCUT2D eigenvalue weighted by Crippen LogP contribution is -2.45. The van der Waals surface area contributed by atoms with E-state index >= 15 is 0 Å². The number of benzene rings is 1. The van der Waals surface area contributed by atoms with Gasteiger partial charge in [0.1, 0.15) is 0 Å². The van der Waals surface area contributed by atoms with Crippen molar-refractivity contribution in [3.8, 4) is 0 Å². The first kappa shape index (κ1) is 13.8. The first-order valence-electron chi connectivity index (χ1n) is 7.30. The molecule has 0 aliphatic carbocycles. The molecule has 1 aliphatic heterocycles. The molecule has 20 heavy (non-hydrogen) atoms. The summed E-state index contributed by atoms with van der Waals surface area (Å²) in [7, 11) is 0. The van der Waals surface area contributed by atoms with Gasteiger partial charge in [0.05, 0.1) is 6.04 Å². The second-order valence-corrected chi connectivity index (χ2v) is 6.60. The van der Waals surface area contributed by atoms with E-state index in [0.717, 1.165) is 26.2 Å². The average molecular weight is 286 g/mol. The molecule has 1 unspecified atom stereocenters. The van der Waals surface area contributed by atoms with E-state index in [4.69, 9.17) is 0 Å². The minimum atomic E-state index is 0.413. The largest absolute Gasteiger partial charge is 0.314 e. The summed E-state index contributed by atoms with van der Waals surface area (Å²) in [5, 5.41) is 5.64. The van der Waals surface area contributed by atoms with E-state index in [-0.39, 0.29) is 0 Å². The van der Waals surface area contributed by atoms with Crippen LogP contribution in [0.2, 0.25) is 0 Å². The van der Waals surface area contributed by atoms with E-state index in [9.17, 15) is 0 Å². The van der Waals surface area contributed by atoms with Crippen LogP contribution < -0.4 is 5.32 Å². The second-order valence-electron chi connectivity index (χ2n) is 5.62. The zero-order valence-electron chi connectivity index (χ0n) is 12.2. The van der Waals surface area contributed by atoms with E-state index < -0.39 is 0 Å². The van der Waals surface area contributed by atoms with Gasteiger partial charge in [0.2, 0.25) is 0 Å². The molecule has 0 bridgehead atoms. The second kappa shape index (κ2) is 6.08. The molecule has 1 saturated heterocycles. The molecule has 0 amide bonds. The number of hydrogen-bond acceptors (Lipinski definition) is 3. The molecule has 1 N–H and O–H groups in total. The van der Waals surface area contributed by atoms with Crippen molar-refractivity contribution in [2.24, 2.45) is 0 Å². The van der Waals surface area contributed by atoms with Crippen LogP contribution in [-0.4, -0.2) is 31.1 Å². The third kappa shape index (κ3) is 2.95. The van der Waals surface area contributed by atoms with Crippen LogP contribution in [-0.2, 0) is 0 Å². The number of piperazine rings is 1. The summed E-state index contributed by atoms with van der Waals surface area (Å²) in [6, 6.07) is 11.8. The zero-order chi connectivity index (χ0) is 13.9. The van der Waals surface area contributed by atoms with Crippen molar-refractivity contribution in [2.75, 3.05) is 26.2 Å². The van der Waals surface area contributed by atoms with Gasteiger partial charge in [-0.05, 0) is 30.9 Å². The normalized spacial score (nSPS) is 18.1. The van der Waals surface area contributed by atoms with E-state index in [0.29, 0.717) is 6.04 Å². The van der Waals surface area contributed by atoms with Gasteiger partial charge in [0.25, 0.3) is 0 Å². The molecule has 2 aromatic rings. The Morgan fingerprint density at radius 1 is 1.10 bits per heavy atom. The highest BCUT2D eigenvalue weighted by molar-refractivity contribution is 7.10. The fourth-order valence-electron chi connectivity index (χ4n) is 3.11. The van der Waals surface area contributed by atoms with Crippen LogP contribution in [0.1, 0.15) is 27.6 Å². The van der Waals surface area contributed by atoms with E-state index in [1.165, 1.54) is 21.6 Å². The minimum Gasteiger partial charge on any atom is -0.314 e. The van der Waals surface area contributed by atoms with Gasteiger partial charge in [-0.15, -0.1) is 11.3 Å². The summed E-state index contributed by atoms with van der Waals surface area (Å²) in [6.45, 7) is 8.81. The molecule has 1 fully saturated rings. The van der Waals surface area contributed by atoms with Crippen molar-refractivity contribution in [2.45, 2.75) is 19.9 Å². The van der Waals surface area contributed by atoms with Gasteiger partial charge in [-0.25, -0.2) is 0 Å². The Labute approximate surface area is 125 Å². The molecule has 1 aromatic carbocycles. The van der Waals surface area contributed by atoms with E-state index in [1.807, 2.05) is 11.3 Å². The maximum atomic E-state index is 3.45. The van der Waals surface area contributed by atoms with Gasteiger partial charge < -0.3 is 5.32 Å². The Morgan fingerprint density at radius 3 is 2.40 bits per heavy atom. The number of hydrogen-bond donors (Lipinski definition) is 1. The molecular formula is C17H22N2S. The number of nitrogens with one attached hydrogen (secondary N) is 1. The third-order valence-corrected chi connectivity index (χ3v) is 4.81. The van der Waals surface area contributed by atoms with Crippen molar-refractivity contribution < 1.29 is 0 Å². The summed E-state index contributed by atoms with van der Waals surface area (Å²) in [6.07, 6.45) is 0. The Balaban J connectivity index is 2.00. The van der Waals surface area contributed by atoms with Crippen LogP contribution in [0.3, 0.4) is 0 Å². The maximum absolute atomic E-state index is 3.45. The fourth-order valence-corrected chi connectivity index (χ4v) is 4.00. The summed E-state index contributed by atoms with van der Waals surface area (Å²) in [5.74, 6) is 0. The molecule has 0 spiro atoms. The highest BCUT2D eigenvalue weighted by atomic mass is 32.1. The highest BCUT2D eigenvalue weighted by Gasteiger charge is 2.24. The van der Waals surface area contributed by atoms with E-state index in [1.54, 1.807) is 0 Å². The Hall–Kier alpha value is -1.16. The minimum absolute atomic E-state index is 0.413. The standard InChI is InChI=1S/C17H22N2S/c1-13-10-14(2)12-15(11-13)17(16-4-3-9-20-16)19-7-5-18-6-8-19/h3-4,9-12,17-18H,5-8H2,1-2H3.